The number of nitrogens with one attached hydrogen (secondary N) is 1. The number of rotatable bonds is 5. The van der Waals surface area contributed by atoms with Crippen molar-refractivity contribution in [3.05, 3.63) is 24.0 Å². The molecule has 2 N–H and O–H groups in total. The van der Waals surface area contributed by atoms with E-state index in [-0.39, 0.29) is 11.7 Å². The van der Waals surface area contributed by atoms with E-state index in [0.29, 0.717) is 25.1 Å². The molecule has 0 spiro atoms. The van der Waals surface area contributed by atoms with Crippen molar-refractivity contribution in [1.82, 2.24) is 0 Å². The number of ether oxygens (including phenoxy) is 1. The number of amides is 1. The molecule has 1 fully saturated rings. The van der Waals surface area contributed by atoms with Crippen LogP contribution in [0.1, 0.15) is 26.2 Å². The van der Waals surface area contributed by atoms with Gasteiger partial charge in [-0.2, -0.15) is 0 Å². The van der Waals surface area contributed by atoms with Crippen LogP contribution in [0.5, 0.6) is 5.75 Å². The molecular formula is C15H18FNO4. The maximum atomic E-state index is 13.2. The summed E-state index contributed by atoms with van der Waals surface area (Å²) in [4.78, 5) is 23.4. The summed E-state index contributed by atoms with van der Waals surface area (Å²) in [5.41, 5.74) is 0.360. The number of anilines is 1. The monoisotopic (exact) mass is 295 g/mol. The number of hydrogen-bond donors (Lipinski definition) is 2. The Balaban J connectivity index is 2.14. The lowest BCUT2D eigenvalue weighted by Crippen LogP contribution is -2.30. The van der Waals surface area contributed by atoms with Crippen molar-refractivity contribution < 1.29 is 23.8 Å². The minimum atomic E-state index is -0.947. The van der Waals surface area contributed by atoms with Crippen molar-refractivity contribution in [2.75, 3.05) is 11.9 Å². The number of benzene rings is 1. The first-order chi connectivity index (χ1) is 10.0. The van der Waals surface area contributed by atoms with Gasteiger partial charge in [0.25, 0.3) is 0 Å². The van der Waals surface area contributed by atoms with Crippen LogP contribution in [0.2, 0.25) is 0 Å². The molecular weight excluding hydrogens is 277 g/mol. The molecule has 0 aliphatic heterocycles. The van der Waals surface area contributed by atoms with Gasteiger partial charge in [0.15, 0.2) is 0 Å². The molecule has 21 heavy (non-hydrogen) atoms. The quantitative estimate of drug-likeness (QED) is 0.875. The van der Waals surface area contributed by atoms with Crippen LogP contribution in [-0.2, 0) is 9.59 Å². The summed E-state index contributed by atoms with van der Waals surface area (Å²) < 4.78 is 18.5. The van der Waals surface area contributed by atoms with Crippen LogP contribution >= 0.6 is 0 Å². The molecule has 2 atom stereocenters. The van der Waals surface area contributed by atoms with Crippen LogP contribution in [0.15, 0.2) is 18.2 Å². The highest BCUT2D eigenvalue weighted by Crippen LogP contribution is 2.34. The van der Waals surface area contributed by atoms with Crippen molar-refractivity contribution in [3.63, 3.8) is 0 Å². The molecule has 2 rings (SSSR count). The average molecular weight is 295 g/mol. The van der Waals surface area contributed by atoms with E-state index in [1.54, 1.807) is 6.92 Å². The number of carbonyl (C=O) groups is 2. The normalized spacial score (nSPS) is 21.0. The van der Waals surface area contributed by atoms with Gasteiger partial charge in [-0.3, -0.25) is 9.59 Å². The predicted octanol–water partition coefficient (Wildman–Crippen LogP) is 2.66. The van der Waals surface area contributed by atoms with Gasteiger partial charge in [0.2, 0.25) is 5.91 Å². The highest BCUT2D eigenvalue weighted by molar-refractivity contribution is 5.96. The standard InChI is InChI=1S/C15H18FNO4/c1-2-21-13-8-9(16)6-7-12(13)17-14(18)10-4-3-5-11(10)15(19)20/h6-8,10-11H,2-5H2,1H3,(H,17,18)(H,19,20). The number of carboxylic acids is 1. The molecule has 2 unspecified atom stereocenters. The van der Waals surface area contributed by atoms with Crippen LogP contribution < -0.4 is 10.1 Å². The first-order valence-electron chi connectivity index (χ1n) is 6.99. The summed E-state index contributed by atoms with van der Waals surface area (Å²) in [5.74, 6) is -2.72. The molecule has 1 aliphatic carbocycles. The van der Waals surface area contributed by atoms with Crippen molar-refractivity contribution in [3.8, 4) is 5.75 Å². The van der Waals surface area contributed by atoms with Gasteiger partial charge < -0.3 is 15.2 Å². The fourth-order valence-corrected chi connectivity index (χ4v) is 2.67. The third-order valence-corrected chi connectivity index (χ3v) is 3.67. The Hall–Kier alpha value is -2.11. The topological polar surface area (TPSA) is 75.6 Å². The molecule has 1 aromatic rings. The molecule has 1 amide bonds. The maximum absolute atomic E-state index is 13.2. The van der Waals surface area contributed by atoms with E-state index in [9.17, 15) is 14.0 Å². The second kappa shape index (κ2) is 6.56. The molecule has 1 aromatic carbocycles. The number of carbonyl (C=O) groups excluding carboxylic acids is 1. The number of aliphatic carboxylic acids is 1. The Bertz CT molecular complexity index is 546. The first-order valence-corrected chi connectivity index (χ1v) is 6.99. The molecule has 0 radical (unpaired) electrons. The Morgan fingerprint density at radius 1 is 1.38 bits per heavy atom. The molecule has 0 aromatic heterocycles. The summed E-state index contributed by atoms with van der Waals surface area (Å²) >= 11 is 0. The smallest absolute Gasteiger partial charge is 0.307 e. The Morgan fingerprint density at radius 2 is 2.10 bits per heavy atom. The number of hydrogen-bond acceptors (Lipinski definition) is 3. The molecule has 1 saturated carbocycles. The van der Waals surface area contributed by atoms with Crippen molar-refractivity contribution in [2.24, 2.45) is 11.8 Å². The fourth-order valence-electron chi connectivity index (χ4n) is 2.67. The van der Waals surface area contributed by atoms with E-state index < -0.39 is 23.6 Å². The third-order valence-electron chi connectivity index (χ3n) is 3.67. The van der Waals surface area contributed by atoms with E-state index in [0.717, 1.165) is 6.42 Å². The Morgan fingerprint density at radius 3 is 2.76 bits per heavy atom. The predicted molar refractivity (Wildman–Crippen MR) is 74.7 cm³/mol. The van der Waals surface area contributed by atoms with Crippen molar-refractivity contribution >= 4 is 17.6 Å². The fraction of sp³-hybridized carbons (Fsp3) is 0.467. The zero-order valence-corrected chi connectivity index (χ0v) is 11.8. The van der Waals surface area contributed by atoms with Gasteiger partial charge in [-0.05, 0) is 31.9 Å². The van der Waals surface area contributed by atoms with Crippen LogP contribution in [0.4, 0.5) is 10.1 Å². The first kappa shape index (κ1) is 15.3. The van der Waals surface area contributed by atoms with Crippen LogP contribution in [-0.4, -0.2) is 23.6 Å². The van der Waals surface area contributed by atoms with Crippen molar-refractivity contribution in [2.45, 2.75) is 26.2 Å². The molecule has 0 saturated heterocycles. The summed E-state index contributed by atoms with van der Waals surface area (Å²) in [6, 6.07) is 3.84. The maximum Gasteiger partial charge on any atom is 0.307 e. The molecule has 1 aliphatic rings. The summed E-state index contributed by atoms with van der Waals surface area (Å²) in [6.07, 6.45) is 1.78. The van der Waals surface area contributed by atoms with E-state index in [1.165, 1.54) is 18.2 Å². The van der Waals surface area contributed by atoms with Gasteiger partial charge in [-0.1, -0.05) is 6.42 Å². The molecule has 0 bridgehead atoms. The zero-order chi connectivity index (χ0) is 15.4. The van der Waals surface area contributed by atoms with E-state index in [2.05, 4.69) is 5.32 Å². The Kier molecular flexibility index (Phi) is 4.77. The van der Waals surface area contributed by atoms with Gasteiger partial charge >= 0.3 is 5.97 Å². The third kappa shape index (κ3) is 3.51. The molecule has 114 valence electrons. The summed E-state index contributed by atoms with van der Waals surface area (Å²) in [5, 5.41) is 11.8. The molecule has 5 nitrogen and oxygen atoms in total. The highest BCUT2D eigenvalue weighted by atomic mass is 19.1. The van der Waals surface area contributed by atoms with Gasteiger partial charge in [0.05, 0.1) is 24.1 Å². The second-order valence-corrected chi connectivity index (χ2v) is 5.04. The zero-order valence-electron chi connectivity index (χ0n) is 11.8. The van der Waals surface area contributed by atoms with Crippen molar-refractivity contribution in [1.29, 1.82) is 0 Å². The molecule has 6 heteroatoms. The summed E-state index contributed by atoms with van der Waals surface area (Å²) in [7, 11) is 0. The van der Waals surface area contributed by atoms with Crippen LogP contribution in [0, 0.1) is 17.7 Å². The van der Waals surface area contributed by atoms with Gasteiger partial charge in [0, 0.05) is 6.07 Å². The Labute approximate surface area is 122 Å². The van der Waals surface area contributed by atoms with Gasteiger partial charge in [-0.15, -0.1) is 0 Å². The van der Waals surface area contributed by atoms with Crippen LogP contribution in [0.25, 0.3) is 0 Å². The number of carboxylic acid groups (broad SMARTS) is 1. The average Bonchev–Trinajstić information content (AvgIpc) is 2.91. The SMILES string of the molecule is CCOc1cc(F)ccc1NC(=O)C1CCCC1C(=O)O. The highest BCUT2D eigenvalue weighted by Gasteiger charge is 2.37. The second-order valence-electron chi connectivity index (χ2n) is 5.04. The minimum Gasteiger partial charge on any atom is -0.492 e. The van der Waals surface area contributed by atoms with E-state index >= 15 is 0 Å². The molecule has 0 heterocycles. The largest absolute Gasteiger partial charge is 0.492 e. The number of halogens is 1. The lowest BCUT2D eigenvalue weighted by atomic mass is 9.95. The van der Waals surface area contributed by atoms with Crippen LogP contribution in [0.3, 0.4) is 0 Å². The summed E-state index contributed by atoms with van der Waals surface area (Å²) in [6.45, 7) is 2.10. The van der Waals surface area contributed by atoms with Gasteiger partial charge in [-0.25, -0.2) is 4.39 Å². The minimum absolute atomic E-state index is 0.246. The van der Waals surface area contributed by atoms with E-state index in [1.807, 2.05) is 0 Å². The lowest BCUT2D eigenvalue weighted by molar-refractivity contribution is -0.145. The van der Waals surface area contributed by atoms with E-state index in [4.69, 9.17) is 9.84 Å². The lowest BCUT2D eigenvalue weighted by Gasteiger charge is -2.17. The van der Waals surface area contributed by atoms with Gasteiger partial charge in [0.1, 0.15) is 11.6 Å².